The second kappa shape index (κ2) is 5.62. The first-order valence-electron chi connectivity index (χ1n) is 8.46. The highest BCUT2D eigenvalue weighted by Crippen LogP contribution is 2.35. The highest BCUT2D eigenvalue weighted by atomic mass is 32.1. The third kappa shape index (κ3) is 2.33. The average Bonchev–Trinajstić information content (AvgIpc) is 3.21. The lowest BCUT2D eigenvalue weighted by Gasteiger charge is -2.13. The number of aryl methyl sites for hydroxylation is 1. The van der Waals surface area contributed by atoms with Gasteiger partial charge in [-0.15, -0.1) is 11.3 Å². The minimum Gasteiger partial charge on any atom is -0.377 e. The van der Waals surface area contributed by atoms with Gasteiger partial charge in [-0.05, 0) is 31.2 Å². The van der Waals surface area contributed by atoms with Crippen molar-refractivity contribution in [2.45, 2.75) is 6.92 Å². The molecule has 0 saturated carbocycles. The minimum absolute atomic E-state index is 0.0942. The second-order valence-corrected chi connectivity index (χ2v) is 7.63. The number of pyridine rings is 1. The number of hydrogen-bond acceptors (Lipinski definition) is 6. The number of benzene rings is 1. The molecule has 0 amide bonds. The maximum Gasteiger partial charge on any atom is 0.275 e. The molecule has 134 valence electrons. The average molecular weight is 376 g/mol. The fourth-order valence-corrected chi connectivity index (χ4v) is 4.42. The van der Waals surface area contributed by atoms with Crippen LogP contribution < -0.4 is 10.5 Å². The Morgan fingerprint density at radius 3 is 2.85 bits per heavy atom. The lowest BCUT2D eigenvalue weighted by molar-refractivity contribution is 0.969. The third-order valence-corrected chi connectivity index (χ3v) is 5.68. The lowest BCUT2D eigenvalue weighted by Crippen LogP contribution is -2.17. The normalized spacial score (nSPS) is 11.7. The van der Waals surface area contributed by atoms with Gasteiger partial charge in [0.05, 0.1) is 33.3 Å². The maximum absolute atomic E-state index is 13.2. The standard InChI is InChI=1S/C19H16N6OS/c1-10-22-12-5-4-11(8-13(12)23-10)25-9-21-16-15-14(24(2)3)6-7-20-18(15)27-17(16)19(25)26/h4-9H,1-3H3,(H,22,23). The number of imidazole rings is 1. The highest BCUT2D eigenvalue weighted by Gasteiger charge is 2.17. The Kier molecular flexibility index (Phi) is 3.32. The van der Waals surface area contributed by atoms with Gasteiger partial charge in [0, 0.05) is 20.3 Å². The summed E-state index contributed by atoms with van der Waals surface area (Å²) in [7, 11) is 3.95. The number of hydrogen-bond donors (Lipinski definition) is 1. The van der Waals surface area contributed by atoms with Crippen LogP contribution in [0.3, 0.4) is 0 Å². The fourth-order valence-electron chi connectivity index (χ4n) is 3.37. The second-order valence-electron chi connectivity index (χ2n) is 6.63. The van der Waals surface area contributed by atoms with E-state index in [0.29, 0.717) is 10.2 Å². The Bertz CT molecular complexity index is 1390. The summed E-state index contributed by atoms with van der Waals surface area (Å²) in [5.41, 5.74) is 4.13. The van der Waals surface area contributed by atoms with E-state index in [4.69, 9.17) is 0 Å². The topological polar surface area (TPSA) is 79.7 Å². The van der Waals surface area contributed by atoms with Crippen LogP contribution in [0.1, 0.15) is 5.82 Å². The number of aromatic amines is 1. The first-order valence-corrected chi connectivity index (χ1v) is 9.27. The van der Waals surface area contributed by atoms with Gasteiger partial charge in [0.1, 0.15) is 21.7 Å². The van der Waals surface area contributed by atoms with Crippen LogP contribution in [0.4, 0.5) is 5.69 Å². The zero-order chi connectivity index (χ0) is 18.7. The molecule has 0 aliphatic rings. The smallest absolute Gasteiger partial charge is 0.275 e. The van der Waals surface area contributed by atoms with Crippen molar-refractivity contribution in [1.82, 2.24) is 24.5 Å². The Hall–Kier alpha value is -3.26. The molecule has 1 N–H and O–H groups in total. The van der Waals surface area contributed by atoms with Crippen LogP contribution in [-0.2, 0) is 0 Å². The molecule has 5 aromatic rings. The predicted octanol–water partition coefficient (Wildman–Crippen LogP) is 3.25. The van der Waals surface area contributed by atoms with Crippen LogP contribution in [0.15, 0.2) is 41.6 Å². The number of aromatic nitrogens is 5. The highest BCUT2D eigenvalue weighted by molar-refractivity contribution is 7.25. The maximum atomic E-state index is 13.2. The molecule has 0 spiro atoms. The zero-order valence-corrected chi connectivity index (χ0v) is 15.8. The first kappa shape index (κ1) is 16.0. The van der Waals surface area contributed by atoms with Crippen LogP contribution in [-0.4, -0.2) is 38.6 Å². The van der Waals surface area contributed by atoms with Crippen molar-refractivity contribution < 1.29 is 0 Å². The third-order valence-electron chi connectivity index (χ3n) is 4.60. The van der Waals surface area contributed by atoms with Crippen LogP contribution in [0.2, 0.25) is 0 Å². The van der Waals surface area contributed by atoms with Crippen molar-refractivity contribution in [1.29, 1.82) is 0 Å². The predicted molar refractivity (Wildman–Crippen MR) is 109 cm³/mol. The van der Waals surface area contributed by atoms with Gasteiger partial charge in [0.2, 0.25) is 0 Å². The van der Waals surface area contributed by atoms with E-state index in [9.17, 15) is 4.79 Å². The van der Waals surface area contributed by atoms with E-state index in [1.807, 2.05) is 50.2 Å². The van der Waals surface area contributed by atoms with E-state index in [-0.39, 0.29) is 5.56 Å². The molecular weight excluding hydrogens is 360 g/mol. The van der Waals surface area contributed by atoms with E-state index in [0.717, 1.165) is 38.4 Å². The summed E-state index contributed by atoms with van der Waals surface area (Å²) in [4.78, 5) is 32.7. The van der Waals surface area contributed by atoms with Crippen molar-refractivity contribution in [3.05, 3.63) is 53.0 Å². The van der Waals surface area contributed by atoms with Crippen molar-refractivity contribution >= 4 is 48.5 Å². The zero-order valence-electron chi connectivity index (χ0n) is 15.0. The van der Waals surface area contributed by atoms with Gasteiger partial charge in [-0.1, -0.05) is 0 Å². The molecule has 0 saturated heterocycles. The molecule has 0 radical (unpaired) electrons. The van der Waals surface area contributed by atoms with E-state index in [2.05, 4.69) is 19.9 Å². The van der Waals surface area contributed by atoms with Crippen LogP contribution in [0.25, 0.3) is 37.2 Å². The molecule has 7 nitrogen and oxygen atoms in total. The molecule has 0 aliphatic heterocycles. The van der Waals surface area contributed by atoms with Crippen LogP contribution >= 0.6 is 11.3 Å². The number of H-pyrrole nitrogens is 1. The Balaban J connectivity index is 1.79. The van der Waals surface area contributed by atoms with Gasteiger partial charge in [-0.3, -0.25) is 9.36 Å². The number of nitrogens with one attached hydrogen (secondary N) is 1. The summed E-state index contributed by atoms with van der Waals surface area (Å²) in [6, 6.07) is 7.65. The largest absolute Gasteiger partial charge is 0.377 e. The molecule has 8 heteroatoms. The van der Waals surface area contributed by atoms with Crippen molar-refractivity contribution in [3.8, 4) is 5.69 Å². The van der Waals surface area contributed by atoms with Crippen LogP contribution in [0.5, 0.6) is 0 Å². The molecule has 5 rings (SSSR count). The minimum atomic E-state index is -0.0942. The number of fused-ring (bicyclic) bond motifs is 4. The molecule has 4 aromatic heterocycles. The summed E-state index contributed by atoms with van der Waals surface area (Å²) in [6.07, 6.45) is 3.35. The molecule has 0 unspecified atom stereocenters. The summed E-state index contributed by atoms with van der Waals surface area (Å²) >= 11 is 1.38. The van der Waals surface area contributed by atoms with Gasteiger partial charge in [0.15, 0.2) is 0 Å². The Labute approximate surface area is 157 Å². The summed E-state index contributed by atoms with van der Waals surface area (Å²) < 4.78 is 2.18. The quantitative estimate of drug-likeness (QED) is 0.512. The van der Waals surface area contributed by atoms with Gasteiger partial charge in [0.25, 0.3) is 5.56 Å². The molecule has 0 atom stereocenters. The number of anilines is 1. The van der Waals surface area contributed by atoms with Gasteiger partial charge in [-0.2, -0.15) is 0 Å². The Morgan fingerprint density at radius 2 is 2.04 bits per heavy atom. The van der Waals surface area contributed by atoms with Crippen molar-refractivity contribution in [2.24, 2.45) is 0 Å². The summed E-state index contributed by atoms with van der Waals surface area (Å²) in [6.45, 7) is 1.91. The molecule has 27 heavy (non-hydrogen) atoms. The van der Waals surface area contributed by atoms with E-state index in [1.165, 1.54) is 11.3 Å². The molecule has 0 aliphatic carbocycles. The molecule has 1 aromatic carbocycles. The van der Waals surface area contributed by atoms with Crippen LogP contribution in [0, 0.1) is 6.92 Å². The molecule has 4 heterocycles. The van der Waals surface area contributed by atoms with E-state index < -0.39 is 0 Å². The van der Waals surface area contributed by atoms with Crippen molar-refractivity contribution in [3.63, 3.8) is 0 Å². The van der Waals surface area contributed by atoms with Gasteiger partial charge < -0.3 is 9.88 Å². The SMILES string of the molecule is Cc1nc2ccc(-n3cnc4c(sc5nccc(N(C)C)c54)c3=O)cc2[nH]1. The molecular formula is C19H16N6OS. The fraction of sp³-hybridized carbons (Fsp3) is 0.158. The first-order chi connectivity index (χ1) is 13.0. The Morgan fingerprint density at radius 1 is 1.19 bits per heavy atom. The number of thiophene rings is 1. The number of nitrogens with zero attached hydrogens (tertiary/aromatic N) is 5. The molecule has 0 bridgehead atoms. The van der Waals surface area contributed by atoms with E-state index >= 15 is 0 Å². The molecule has 0 fully saturated rings. The van der Waals surface area contributed by atoms with Gasteiger partial charge in [-0.25, -0.2) is 15.0 Å². The monoisotopic (exact) mass is 376 g/mol. The number of rotatable bonds is 2. The summed E-state index contributed by atoms with van der Waals surface area (Å²) in [5, 5.41) is 0.923. The van der Waals surface area contributed by atoms with Gasteiger partial charge >= 0.3 is 0 Å². The van der Waals surface area contributed by atoms with E-state index in [1.54, 1.807) is 17.1 Å². The van der Waals surface area contributed by atoms with Crippen molar-refractivity contribution in [2.75, 3.05) is 19.0 Å². The summed E-state index contributed by atoms with van der Waals surface area (Å²) in [5.74, 6) is 0.842. The lowest BCUT2D eigenvalue weighted by atomic mass is 10.2.